The highest BCUT2D eigenvalue weighted by Crippen LogP contribution is 2.30. The van der Waals surface area contributed by atoms with E-state index in [2.05, 4.69) is 5.48 Å². The van der Waals surface area contributed by atoms with Crippen molar-refractivity contribution in [2.75, 3.05) is 5.48 Å². The van der Waals surface area contributed by atoms with Crippen LogP contribution in [-0.2, 0) is 4.84 Å². The summed E-state index contributed by atoms with van der Waals surface area (Å²) in [7, 11) is 0. The van der Waals surface area contributed by atoms with Gasteiger partial charge in [-0.2, -0.15) is 0 Å². The van der Waals surface area contributed by atoms with E-state index >= 15 is 0 Å². The maximum Gasteiger partial charge on any atom is 0.142 e. The Hall–Kier alpha value is -1.64. The van der Waals surface area contributed by atoms with Crippen LogP contribution >= 0.6 is 0 Å². The van der Waals surface area contributed by atoms with Gasteiger partial charge in [0.1, 0.15) is 17.7 Å². The fraction of sp³-hybridized carbons (Fsp3) is 0. The summed E-state index contributed by atoms with van der Waals surface area (Å²) in [5.41, 5.74) is 4.14. The molecular formula is C8H7NO2. The molecule has 3 heteroatoms. The SMILES string of the molecule is Oc1cccc2c1NOC=C2. The van der Waals surface area contributed by atoms with Gasteiger partial charge in [-0.3, -0.25) is 0 Å². The van der Waals surface area contributed by atoms with Gasteiger partial charge in [0.05, 0.1) is 0 Å². The molecule has 0 amide bonds. The Balaban J connectivity index is 2.60. The third kappa shape index (κ3) is 0.902. The quantitative estimate of drug-likeness (QED) is 0.552. The molecule has 0 radical (unpaired) electrons. The van der Waals surface area contributed by atoms with E-state index in [0.29, 0.717) is 5.69 Å². The van der Waals surface area contributed by atoms with Crippen LogP contribution in [0, 0.1) is 0 Å². The van der Waals surface area contributed by atoms with E-state index in [1.54, 1.807) is 18.2 Å². The maximum atomic E-state index is 9.28. The fourth-order valence-electron chi connectivity index (χ4n) is 1.01. The van der Waals surface area contributed by atoms with Gasteiger partial charge in [-0.15, -0.1) is 0 Å². The number of para-hydroxylation sites is 1. The fourth-order valence-corrected chi connectivity index (χ4v) is 1.01. The van der Waals surface area contributed by atoms with Crippen molar-refractivity contribution >= 4 is 11.8 Å². The minimum Gasteiger partial charge on any atom is -0.506 e. The lowest BCUT2D eigenvalue weighted by Gasteiger charge is -2.13. The molecule has 3 nitrogen and oxygen atoms in total. The van der Waals surface area contributed by atoms with Gasteiger partial charge in [0.15, 0.2) is 0 Å². The summed E-state index contributed by atoms with van der Waals surface area (Å²) in [6.07, 6.45) is 3.31. The second kappa shape index (κ2) is 2.20. The number of hydrogen-bond donors (Lipinski definition) is 2. The highest BCUT2D eigenvalue weighted by atomic mass is 16.6. The molecule has 1 aromatic rings. The second-order valence-electron chi connectivity index (χ2n) is 2.26. The molecule has 0 fully saturated rings. The highest BCUT2D eigenvalue weighted by Gasteiger charge is 2.07. The van der Waals surface area contributed by atoms with Crippen LogP contribution in [0.25, 0.3) is 6.08 Å². The van der Waals surface area contributed by atoms with Gasteiger partial charge in [-0.05, 0) is 12.1 Å². The largest absolute Gasteiger partial charge is 0.506 e. The standard InChI is InChI=1S/C8H7NO2/c10-7-3-1-2-6-4-5-11-9-8(6)7/h1-5,9-10H. The number of fused-ring (bicyclic) bond motifs is 1. The summed E-state index contributed by atoms with van der Waals surface area (Å²) >= 11 is 0. The molecule has 2 N–H and O–H groups in total. The van der Waals surface area contributed by atoms with Crippen molar-refractivity contribution in [1.29, 1.82) is 0 Å². The van der Waals surface area contributed by atoms with Crippen LogP contribution < -0.4 is 5.48 Å². The molecule has 0 saturated carbocycles. The Bertz CT molecular complexity index is 307. The number of nitrogens with one attached hydrogen (secondary N) is 1. The summed E-state index contributed by atoms with van der Waals surface area (Å²) in [6, 6.07) is 5.28. The number of rotatable bonds is 0. The number of phenolic OH excluding ortho intramolecular Hbond substituents is 1. The predicted molar refractivity (Wildman–Crippen MR) is 41.8 cm³/mol. The molecule has 1 aliphatic rings. The van der Waals surface area contributed by atoms with E-state index in [1.165, 1.54) is 6.26 Å². The highest BCUT2D eigenvalue weighted by molar-refractivity contribution is 5.72. The first-order chi connectivity index (χ1) is 5.38. The first kappa shape index (κ1) is 6.09. The molecule has 1 aliphatic heterocycles. The zero-order valence-electron chi connectivity index (χ0n) is 5.74. The number of hydrogen-bond acceptors (Lipinski definition) is 3. The summed E-state index contributed by atoms with van der Waals surface area (Å²) in [5.74, 6) is 0.201. The zero-order chi connectivity index (χ0) is 7.68. The molecule has 11 heavy (non-hydrogen) atoms. The lowest BCUT2D eigenvalue weighted by Crippen LogP contribution is -2.01. The zero-order valence-corrected chi connectivity index (χ0v) is 5.74. The molecule has 0 atom stereocenters. The van der Waals surface area contributed by atoms with E-state index in [-0.39, 0.29) is 5.75 Å². The molecule has 0 aromatic heterocycles. The van der Waals surface area contributed by atoms with E-state index in [0.717, 1.165) is 5.56 Å². The van der Waals surface area contributed by atoms with Crippen LogP contribution in [0.4, 0.5) is 5.69 Å². The van der Waals surface area contributed by atoms with Gasteiger partial charge >= 0.3 is 0 Å². The van der Waals surface area contributed by atoms with E-state index in [9.17, 15) is 5.11 Å². The Morgan fingerprint density at radius 1 is 1.36 bits per heavy atom. The smallest absolute Gasteiger partial charge is 0.142 e. The van der Waals surface area contributed by atoms with E-state index in [4.69, 9.17) is 4.84 Å². The van der Waals surface area contributed by atoms with Crippen molar-refractivity contribution in [3.8, 4) is 5.75 Å². The molecule has 2 rings (SSSR count). The van der Waals surface area contributed by atoms with Crippen molar-refractivity contribution in [2.24, 2.45) is 0 Å². The third-order valence-electron chi connectivity index (χ3n) is 1.55. The molecule has 0 saturated heterocycles. The van der Waals surface area contributed by atoms with Crippen LogP contribution in [0.15, 0.2) is 24.5 Å². The van der Waals surface area contributed by atoms with Crippen molar-refractivity contribution in [1.82, 2.24) is 0 Å². The van der Waals surface area contributed by atoms with Crippen LogP contribution in [0.5, 0.6) is 5.75 Å². The number of anilines is 1. The molecule has 0 aliphatic carbocycles. The Morgan fingerprint density at radius 3 is 3.09 bits per heavy atom. The summed E-state index contributed by atoms with van der Waals surface area (Å²) in [6.45, 7) is 0. The number of phenols is 1. The lowest BCUT2D eigenvalue weighted by molar-refractivity contribution is 0.325. The topological polar surface area (TPSA) is 41.5 Å². The van der Waals surface area contributed by atoms with Gasteiger partial charge in [-0.25, -0.2) is 5.48 Å². The van der Waals surface area contributed by atoms with Gasteiger partial charge < -0.3 is 9.94 Å². The molecule has 0 bridgehead atoms. The summed E-state index contributed by atoms with van der Waals surface area (Å²) in [4.78, 5) is 4.79. The third-order valence-corrected chi connectivity index (χ3v) is 1.55. The van der Waals surface area contributed by atoms with Crippen LogP contribution in [0.1, 0.15) is 5.56 Å². The Morgan fingerprint density at radius 2 is 2.27 bits per heavy atom. The van der Waals surface area contributed by atoms with Gasteiger partial charge in [0, 0.05) is 5.56 Å². The van der Waals surface area contributed by atoms with E-state index in [1.807, 2.05) is 6.07 Å². The minimum atomic E-state index is 0.201. The van der Waals surface area contributed by atoms with Gasteiger partial charge in [0.25, 0.3) is 0 Å². The monoisotopic (exact) mass is 149 g/mol. The number of aromatic hydroxyl groups is 1. The average molecular weight is 149 g/mol. The van der Waals surface area contributed by atoms with Crippen LogP contribution in [-0.4, -0.2) is 5.11 Å². The summed E-state index contributed by atoms with van der Waals surface area (Å²) < 4.78 is 0. The van der Waals surface area contributed by atoms with Crippen LogP contribution in [0.3, 0.4) is 0 Å². The van der Waals surface area contributed by atoms with Crippen molar-refractivity contribution in [3.05, 3.63) is 30.0 Å². The molecular weight excluding hydrogens is 142 g/mol. The van der Waals surface area contributed by atoms with Gasteiger partial charge in [0.2, 0.25) is 0 Å². The predicted octanol–water partition coefficient (Wildman–Crippen LogP) is 1.72. The molecule has 0 unspecified atom stereocenters. The Kier molecular flexibility index (Phi) is 1.22. The number of benzene rings is 1. The first-order valence-corrected chi connectivity index (χ1v) is 3.28. The van der Waals surface area contributed by atoms with Gasteiger partial charge in [-0.1, -0.05) is 12.1 Å². The van der Waals surface area contributed by atoms with Crippen LogP contribution in [0.2, 0.25) is 0 Å². The molecule has 56 valence electrons. The normalized spacial score (nSPS) is 13.1. The summed E-state index contributed by atoms with van der Waals surface area (Å²) in [5, 5.41) is 9.28. The molecule has 1 heterocycles. The minimum absolute atomic E-state index is 0.201. The van der Waals surface area contributed by atoms with E-state index < -0.39 is 0 Å². The van der Waals surface area contributed by atoms with Crippen molar-refractivity contribution in [2.45, 2.75) is 0 Å². The Labute approximate surface area is 63.9 Å². The molecule has 0 spiro atoms. The molecule has 1 aromatic carbocycles. The average Bonchev–Trinajstić information content (AvgIpc) is 2.06. The lowest BCUT2D eigenvalue weighted by atomic mass is 10.1. The van der Waals surface area contributed by atoms with Crippen molar-refractivity contribution in [3.63, 3.8) is 0 Å². The second-order valence-corrected chi connectivity index (χ2v) is 2.26. The first-order valence-electron chi connectivity index (χ1n) is 3.28. The van der Waals surface area contributed by atoms with Crippen molar-refractivity contribution < 1.29 is 9.94 Å². The maximum absolute atomic E-state index is 9.28.